The summed E-state index contributed by atoms with van der Waals surface area (Å²) in [7, 11) is 0. The van der Waals surface area contributed by atoms with Gasteiger partial charge in [-0.2, -0.15) is 0 Å². The van der Waals surface area contributed by atoms with Gasteiger partial charge in [-0.3, -0.25) is 4.79 Å². The molecule has 0 aliphatic rings. The minimum absolute atomic E-state index is 0.0869. The monoisotopic (exact) mass is 411 g/mol. The first-order valence-electron chi connectivity index (χ1n) is 9.50. The number of carbonyl (C=O) groups is 1. The van der Waals surface area contributed by atoms with E-state index in [1.807, 2.05) is 43.3 Å². The first-order valence-corrected chi connectivity index (χ1v) is 10.5. The number of aryl methyl sites for hydroxylation is 1. The summed E-state index contributed by atoms with van der Waals surface area (Å²) in [5, 5.41) is 11.2. The van der Waals surface area contributed by atoms with E-state index >= 15 is 0 Å². The van der Waals surface area contributed by atoms with Gasteiger partial charge in [0.25, 0.3) is 11.1 Å². The number of ether oxygens (including phenoxy) is 1. The summed E-state index contributed by atoms with van der Waals surface area (Å²) >= 11 is 1.21. The molecule has 2 aromatic carbocycles. The van der Waals surface area contributed by atoms with Crippen molar-refractivity contribution in [2.75, 3.05) is 5.75 Å². The molecule has 3 aromatic rings. The minimum atomic E-state index is -0.0869. The Morgan fingerprint density at radius 2 is 1.97 bits per heavy atom. The predicted molar refractivity (Wildman–Crippen MR) is 113 cm³/mol. The number of hydrogen-bond donors (Lipinski definition) is 1. The lowest BCUT2D eigenvalue weighted by molar-refractivity contribution is -0.118. The Kier molecular flexibility index (Phi) is 7.30. The fourth-order valence-electron chi connectivity index (χ4n) is 2.71. The highest BCUT2D eigenvalue weighted by Crippen LogP contribution is 2.28. The van der Waals surface area contributed by atoms with Gasteiger partial charge in [0.1, 0.15) is 5.75 Å². The quantitative estimate of drug-likeness (QED) is 0.523. The third-order valence-electron chi connectivity index (χ3n) is 4.25. The number of carbonyl (C=O) groups excluding carboxylic acids is 1. The topological polar surface area (TPSA) is 77.2 Å². The maximum atomic E-state index is 12.0. The summed E-state index contributed by atoms with van der Waals surface area (Å²) < 4.78 is 11.5. The lowest BCUT2D eigenvalue weighted by Crippen LogP contribution is -2.24. The van der Waals surface area contributed by atoms with Gasteiger partial charge in [0.05, 0.1) is 5.75 Å². The molecular formula is C22H25N3O3S. The van der Waals surface area contributed by atoms with Crippen LogP contribution < -0.4 is 10.1 Å². The minimum Gasteiger partial charge on any atom is -0.484 e. The van der Waals surface area contributed by atoms with Gasteiger partial charge >= 0.3 is 0 Å². The Hall–Kier alpha value is -2.80. The van der Waals surface area contributed by atoms with Crippen molar-refractivity contribution in [1.82, 2.24) is 15.5 Å². The smallest absolute Gasteiger partial charge is 0.277 e. The second-order valence-corrected chi connectivity index (χ2v) is 7.92. The number of aromatic nitrogens is 2. The average molecular weight is 412 g/mol. The van der Waals surface area contributed by atoms with Gasteiger partial charge in [0.2, 0.25) is 5.91 Å². The zero-order valence-corrected chi connectivity index (χ0v) is 17.7. The number of amides is 1. The van der Waals surface area contributed by atoms with E-state index < -0.39 is 0 Å². The molecule has 6 nitrogen and oxygen atoms in total. The maximum Gasteiger partial charge on any atom is 0.277 e. The Labute approximate surface area is 175 Å². The van der Waals surface area contributed by atoms with Crippen LogP contribution in [0.2, 0.25) is 0 Å². The van der Waals surface area contributed by atoms with Gasteiger partial charge in [-0.05, 0) is 35.6 Å². The number of thioether (sulfide) groups is 1. The molecule has 0 saturated heterocycles. The molecule has 29 heavy (non-hydrogen) atoms. The second kappa shape index (κ2) is 10.1. The van der Waals surface area contributed by atoms with E-state index in [0.29, 0.717) is 23.6 Å². The summed E-state index contributed by atoms with van der Waals surface area (Å²) in [6.07, 6.45) is 0. The molecule has 1 amide bonds. The molecule has 0 radical (unpaired) electrons. The molecule has 0 atom stereocenters. The van der Waals surface area contributed by atoms with Gasteiger partial charge in [-0.1, -0.05) is 68.1 Å². The van der Waals surface area contributed by atoms with E-state index in [4.69, 9.17) is 9.15 Å². The third-order valence-corrected chi connectivity index (χ3v) is 5.07. The van der Waals surface area contributed by atoms with Crippen LogP contribution >= 0.6 is 11.8 Å². The van der Waals surface area contributed by atoms with Crippen molar-refractivity contribution in [1.29, 1.82) is 0 Å². The van der Waals surface area contributed by atoms with Crippen LogP contribution in [-0.4, -0.2) is 21.9 Å². The lowest BCUT2D eigenvalue weighted by atomic mass is 10.0. The summed E-state index contributed by atoms with van der Waals surface area (Å²) in [4.78, 5) is 12.0. The van der Waals surface area contributed by atoms with Crippen LogP contribution in [0.25, 0.3) is 0 Å². The molecular weight excluding hydrogens is 386 g/mol. The van der Waals surface area contributed by atoms with E-state index in [0.717, 1.165) is 22.4 Å². The van der Waals surface area contributed by atoms with Gasteiger partial charge in [-0.25, -0.2) is 0 Å². The molecule has 152 valence electrons. The number of benzene rings is 2. The highest BCUT2D eigenvalue weighted by Gasteiger charge is 2.13. The molecule has 0 fully saturated rings. The Morgan fingerprint density at radius 1 is 1.17 bits per heavy atom. The number of nitrogens with zero attached hydrogens (tertiary/aromatic N) is 2. The summed E-state index contributed by atoms with van der Waals surface area (Å²) in [6.45, 7) is 6.97. The highest BCUT2D eigenvalue weighted by molar-refractivity contribution is 7.99. The second-order valence-electron chi connectivity index (χ2n) is 7.00. The van der Waals surface area contributed by atoms with Crippen molar-refractivity contribution < 1.29 is 13.9 Å². The van der Waals surface area contributed by atoms with Crippen LogP contribution in [0.15, 0.2) is 58.2 Å². The SMILES string of the molecule is Cc1ccc(C(C)C)c(OCc2nnc(SCC(=O)NCc3ccccc3)o2)c1. The molecule has 3 rings (SSSR count). The van der Waals surface area contributed by atoms with E-state index in [9.17, 15) is 4.79 Å². The third kappa shape index (κ3) is 6.35. The Balaban J connectivity index is 1.47. The van der Waals surface area contributed by atoms with Gasteiger partial charge in [0.15, 0.2) is 6.61 Å². The molecule has 0 saturated carbocycles. The van der Waals surface area contributed by atoms with Crippen molar-refractivity contribution in [3.8, 4) is 5.75 Å². The van der Waals surface area contributed by atoms with Crippen LogP contribution in [0.1, 0.15) is 42.3 Å². The highest BCUT2D eigenvalue weighted by atomic mass is 32.2. The predicted octanol–water partition coefficient (Wildman–Crippen LogP) is 4.49. The lowest BCUT2D eigenvalue weighted by Gasteiger charge is -2.13. The summed E-state index contributed by atoms with van der Waals surface area (Å²) in [6, 6.07) is 15.9. The zero-order valence-electron chi connectivity index (χ0n) is 16.8. The summed E-state index contributed by atoms with van der Waals surface area (Å²) in [5.41, 5.74) is 3.33. The molecule has 0 bridgehead atoms. The molecule has 1 heterocycles. The van der Waals surface area contributed by atoms with Crippen molar-refractivity contribution >= 4 is 17.7 Å². The number of nitrogens with one attached hydrogen (secondary N) is 1. The molecule has 1 aromatic heterocycles. The molecule has 7 heteroatoms. The van der Waals surface area contributed by atoms with Gasteiger partial charge in [-0.15, -0.1) is 10.2 Å². The zero-order chi connectivity index (χ0) is 20.6. The fourth-order valence-corrected chi connectivity index (χ4v) is 3.32. The normalized spacial score (nSPS) is 10.9. The van der Waals surface area contributed by atoms with Crippen molar-refractivity contribution in [2.45, 2.75) is 45.1 Å². The van der Waals surface area contributed by atoms with E-state index in [1.165, 1.54) is 11.8 Å². The first-order chi connectivity index (χ1) is 14.0. The Bertz CT molecular complexity index is 941. The molecule has 0 aliphatic carbocycles. The fraction of sp³-hybridized carbons (Fsp3) is 0.318. The van der Waals surface area contributed by atoms with Crippen LogP contribution in [0.4, 0.5) is 0 Å². The Morgan fingerprint density at radius 3 is 2.72 bits per heavy atom. The van der Waals surface area contributed by atoms with Crippen LogP contribution in [0, 0.1) is 6.92 Å². The molecule has 1 N–H and O–H groups in total. The largest absolute Gasteiger partial charge is 0.484 e. The molecule has 0 spiro atoms. The maximum absolute atomic E-state index is 12.0. The van der Waals surface area contributed by atoms with E-state index in [1.54, 1.807) is 0 Å². The van der Waals surface area contributed by atoms with Crippen LogP contribution in [-0.2, 0) is 17.9 Å². The van der Waals surface area contributed by atoms with Crippen LogP contribution in [0.5, 0.6) is 5.75 Å². The van der Waals surface area contributed by atoms with Gasteiger partial charge < -0.3 is 14.5 Å². The number of rotatable bonds is 9. The summed E-state index contributed by atoms with van der Waals surface area (Å²) in [5.74, 6) is 1.69. The standard InChI is InChI=1S/C22H25N3O3S/c1-15(2)18-10-9-16(3)11-19(18)27-13-21-24-25-22(28-21)29-14-20(26)23-12-17-7-5-4-6-8-17/h4-11,15H,12-14H2,1-3H3,(H,23,26). The van der Waals surface area contributed by atoms with Crippen molar-refractivity contribution in [2.24, 2.45) is 0 Å². The number of hydrogen-bond acceptors (Lipinski definition) is 6. The van der Waals surface area contributed by atoms with Crippen molar-refractivity contribution in [3.05, 3.63) is 71.1 Å². The van der Waals surface area contributed by atoms with Crippen LogP contribution in [0.3, 0.4) is 0 Å². The molecule has 0 unspecified atom stereocenters. The average Bonchev–Trinajstić information content (AvgIpc) is 3.17. The van der Waals surface area contributed by atoms with Crippen molar-refractivity contribution in [3.63, 3.8) is 0 Å². The van der Waals surface area contributed by atoms with E-state index in [2.05, 4.69) is 41.5 Å². The molecule has 0 aliphatic heterocycles. The van der Waals surface area contributed by atoms with E-state index in [-0.39, 0.29) is 18.3 Å². The van der Waals surface area contributed by atoms with Gasteiger partial charge in [0, 0.05) is 6.54 Å². The first kappa shape index (κ1) is 20.9.